The third-order valence-corrected chi connectivity index (χ3v) is 3.11. The summed E-state index contributed by atoms with van der Waals surface area (Å²) < 4.78 is 2.13. The van der Waals surface area contributed by atoms with Gasteiger partial charge < -0.3 is 15.0 Å². The van der Waals surface area contributed by atoms with Crippen molar-refractivity contribution >= 4 is 0 Å². The van der Waals surface area contributed by atoms with Crippen LogP contribution < -0.4 is 5.32 Å². The Balaban J connectivity index is 2.58. The molecule has 98 valence electrons. The van der Waals surface area contributed by atoms with Crippen LogP contribution >= 0.6 is 0 Å². The van der Waals surface area contributed by atoms with Crippen LogP contribution in [0.25, 0.3) is 0 Å². The van der Waals surface area contributed by atoms with Crippen molar-refractivity contribution in [2.75, 3.05) is 6.61 Å². The van der Waals surface area contributed by atoms with Crippen LogP contribution in [0.2, 0.25) is 0 Å². The third kappa shape index (κ3) is 4.13. The molecule has 0 saturated heterocycles. The van der Waals surface area contributed by atoms with Crippen molar-refractivity contribution in [1.29, 1.82) is 0 Å². The normalized spacial score (nSPS) is 13.9. The summed E-state index contributed by atoms with van der Waals surface area (Å²) in [6, 6.07) is 0.300. The molecule has 0 aromatic carbocycles. The summed E-state index contributed by atoms with van der Waals surface area (Å²) in [7, 11) is 0. The lowest BCUT2D eigenvalue weighted by atomic mass is 9.85. The highest BCUT2D eigenvalue weighted by atomic mass is 16.3. The van der Waals surface area contributed by atoms with Crippen LogP contribution in [0, 0.1) is 5.41 Å². The Labute approximate surface area is 104 Å². The minimum absolute atomic E-state index is 0.145. The van der Waals surface area contributed by atoms with Gasteiger partial charge in [-0.05, 0) is 18.8 Å². The summed E-state index contributed by atoms with van der Waals surface area (Å²) in [4.78, 5) is 4.34. The van der Waals surface area contributed by atoms with E-state index in [0.29, 0.717) is 6.04 Å². The molecular formula is C13H25N3O. The molecule has 1 aromatic heterocycles. The van der Waals surface area contributed by atoms with Crippen LogP contribution in [-0.2, 0) is 13.1 Å². The van der Waals surface area contributed by atoms with Gasteiger partial charge in [0.15, 0.2) is 0 Å². The van der Waals surface area contributed by atoms with E-state index in [0.717, 1.165) is 25.3 Å². The van der Waals surface area contributed by atoms with E-state index in [9.17, 15) is 0 Å². The first kappa shape index (κ1) is 14.2. The zero-order valence-electron chi connectivity index (χ0n) is 11.4. The van der Waals surface area contributed by atoms with E-state index < -0.39 is 0 Å². The van der Waals surface area contributed by atoms with Crippen molar-refractivity contribution in [1.82, 2.24) is 14.9 Å². The molecule has 1 rings (SSSR count). The van der Waals surface area contributed by atoms with Gasteiger partial charge in [-0.3, -0.25) is 0 Å². The lowest BCUT2D eigenvalue weighted by molar-refractivity contribution is 0.195. The number of nitrogens with one attached hydrogen (secondary N) is 1. The predicted molar refractivity (Wildman–Crippen MR) is 69.7 cm³/mol. The van der Waals surface area contributed by atoms with Crippen LogP contribution in [0.15, 0.2) is 12.4 Å². The number of aryl methyl sites for hydroxylation is 1. The molecule has 1 heterocycles. The van der Waals surface area contributed by atoms with Gasteiger partial charge in [-0.1, -0.05) is 20.8 Å². The Hall–Kier alpha value is -0.870. The molecule has 4 heteroatoms. The number of aliphatic hydroxyl groups is 1. The van der Waals surface area contributed by atoms with Crippen LogP contribution in [0.1, 0.15) is 39.9 Å². The summed E-state index contributed by atoms with van der Waals surface area (Å²) in [6.45, 7) is 10.6. The van der Waals surface area contributed by atoms with Gasteiger partial charge >= 0.3 is 0 Å². The van der Waals surface area contributed by atoms with Gasteiger partial charge in [-0.25, -0.2) is 4.98 Å². The second-order valence-corrected chi connectivity index (χ2v) is 5.44. The summed E-state index contributed by atoms with van der Waals surface area (Å²) in [5, 5.41) is 12.6. The van der Waals surface area contributed by atoms with E-state index in [1.807, 2.05) is 12.4 Å². The van der Waals surface area contributed by atoms with E-state index in [1.165, 1.54) is 0 Å². The Morgan fingerprint density at radius 1 is 1.47 bits per heavy atom. The fraction of sp³-hybridized carbons (Fsp3) is 0.769. The highest BCUT2D eigenvalue weighted by Gasteiger charge is 2.23. The Morgan fingerprint density at radius 3 is 2.71 bits per heavy atom. The van der Waals surface area contributed by atoms with Crippen molar-refractivity contribution in [2.45, 2.75) is 53.2 Å². The monoisotopic (exact) mass is 239 g/mol. The number of aromatic nitrogens is 2. The van der Waals surface area contributed by atoms with Crippen molar-refractivity contribution in [3.05, 3.63) is 18.2 Å². The average molecular weight is 239 g/mol. The molecule has 0 aliphatic heterocycles. The Morgan fingerprint density at radius 2 is 2.18 bits per heavy atom. The fourth-order valence-corrected chi connectivity index (χ4v) is 1.98. The van der Waals surface area contributed by atoms with Gasteiger partial charge in [-0.15, -0.1) is 0 Å². The molecule has 4 nitrogen and oxygen atoms in total. The molecule has 0 saturated carbocycles. The molecular weight excluding hydrogens is 214 g/mol. The third-order valence-electron chi connectivity index (χ3n) is 3.11. The average Bonchev–Trinajstić information content (AvgIpc) is 2.69. The number of hydrogen-bond donors (Lipinski definition) is 2. The molecule has 0 aliphatic rings. The van der Waals surface area contributed by atoms with Crippen molar-refractivity contribution in [3.8, 4) is 0 Å². The quantitative estimate of drug-likeness (QED) is 0.795. The van der Waals surface area contributed by atoms with Crippen LogP contribution in [0.3, 0.4) is 0 Å². The van der Waals surface area contributed by atoms with Crippen LogP contribution in [0.4, 0.5) is 0 Å². The lowest BCUT2D eigenvalue weighted by Gasteiger charge is -2.31. The zero-order valence-corrected chi connectivity index (χ0v) is 11.4. The van der Waals surface area contributed by atoms with Gasteiger partial charge in [0, 0.05) is 31.6 Å². The van der Waals surface area contributed by atoms with Gasteiger partial charge in [0.25, 0.3) is 0 Å². The first-order valence-electron chi connectivity index (χ1n) is 6.33. The van der Waals surface area contributed by atoms with E-state index in [2.05, 4.69) is 42.6 Å². The maximum Gasteiger partial charge on any atom is 0.122 e. The van der Waals surface area contributed by atoms with Crippen molar-refractivity contribution in [2.24, 2.45) is 5.41 Å². The highest BCUT2D eigenvalue weighted by molar-refractivity contribution is 4.93. The van der Waals surface area contributed by atoms with Crippen molar-refractivity contribution < 1.29 is 5.11 Å². The maximum absolute atomic E-state index is 9.10. The van der Waals surface area contributed by atoms with E-state index in [-0.39, 0.29) is 12.0 Å². The first-order chi connectivity index (χ1) is 7.99. The zero-order chi connectivity index (χ0) is 12.9. The van der Waals surface area contributed by atoms with E-state index in [1.54, 1.807) is 0 Å². The molecule has 0 spiro atoms. The minimum atomic E-state index is 0.145. The van der Waals surface area contributed by atoms with Gasteiger partial charge in [0.1, 0.15) is 5.82 Å². The number of imidazole rings is 1. The predicted octanol–water partition coefficient (Wildman–Crippen LogP) is 1.79. The van der Waals surface area contributed by atoms with Gasteiger partial charge in [0.05, 0.1) is 6.54 Å². The second-order valence-electron chi connectivity index (χ2n) is 5.44. The topological polar surface area (TPSA) is 50.1 Å². The van der Waals surface area contributed by atoms with Gasteiger partial charge in [0.2, 0.25) is 0 Å². The lowest BCUT2D eigenvalue weighted by Crippen LogP contribution is -2.41. The summed E-state index contributed by atoms with van der Waals surface area (Å²) in [6.07, 6.45) is 4.60. The Kier molecular flexibility index (Phi) is 5.15. The molecule has 0 amide bonds. The molecule has 1 atom stereocenters. The molecule has 0 bridgehead atoms. The number of nitrogens with zero attached hydrogens (tertiary/aromatic N) is 2. The highest BCUT2D eigenvalue weighted by Crippen LogP contribution is 2.21. The maximum atomic E-state index is 9.10. The van der Waals surface area contributed by atoms with Gasteiger partial charge in [-0.2, -0.15) is 0 Å². The number of rotatable bonds is 6. The summed E-state index contributed by atoms with van der Waals surface area (Å²) >= 11 is 0. The van der Waals surface area contributed by atoms with Crippen LogP contribution in [0.5, 0.6) is 0 Å². The SMILES string of the molecule is CCn1ccnc1CNC(CCO)C(C)(C)C. The molecule has 2 N–H and O–H groups in total. The summed E-state index contributed by atoms with van der Waals surface area (Å²) in [5.74, 6) is 1.06. The number of hydrogen-bond acceptors (Lipinski definition) is 3. The first-order valence-corrected chi connectivity index (χ1v) is 6.33. The van der Waals surface area contributed by atoms with E-state index >= 15 is 0 Å². The molecule has 0 fully saturated rings. The second kappa shape index (κ2) is 6.17. The minimum Gasteiger partial charge on any atom is -0.396 e. The fourth-order valence-electron chi connectivity index (χ4n) is 1.98. The molecule has 1 aromatic rings. The van der Waals surface area contributed by atoms with E-state index in [4.69, 9.17) is 5.11 Å². The Bertz CT molecular complexity index is 328. The molecule has 0 radical (unpaired) electrons. The molecule has 17 heavy (non-hydrogen) atoms. The largest absolute Gasteiger partial charge is 0.396 e. The van der Waals surface area contributed by atoms with Crippen LogP contribution in [-0.4, -0.2) is 27.3 Å². The number of aliphatic hydroxyl groups excluding tert-OH is 1. The molecule has 1 unspecified atom stereocenters. The standard InChI is InChI=1S/C13H25N3O/c1-5-16-8-7-14-12(16)10-15-11(6-9-17)13(2,3)4/h7-8,11,15,17H,5-6,9-10H2,1-4H3. The van der Waals surface area contributed by atoms with Crippen molar-refractivity contribution in [3.63, 3.8) is 0 Å². The smallest absolute Gasteiger partial charge is 0.122 e. The summed E-state index contributed by atoms with van der Waals surface area (Å²) in [5.41, 5.74) is 0.145. The molecule has 0 aliphatic carbocycles.